The highest BCUT2D eigenvalue weighted by Gasteiger charge is 2.16. The molecule has 0 bridgehead atoms. The first kappa shape index (κ1) is 14.7. The van der Waals surface area contributed by atoms with Gasteiger partial charge in [0, 0.05) is 12.0 Å². The predicted octanol–water partition coefficient (Wildman–Crippen LogP) is 4.52. The quantitative estimate of drug-likeness (QED) is 0.695. The number of para-hydroxylation sites is 3. The number of nitrogens with zero attached hydrogens (tertiary/aromatic N) is 1. The Morgan fingerprint density at radius 2 is 2.00 bits per heavy atom. The second-order valence-corrected chi connectivity index (χ2v) is 6.17. The number of carbonyl (C=O) groups is 1. The molecule has 0 saturated heterocycles. The summed E-state index contributed by atoms with van der Waals surface area (Å²) in [5.74, 6) is 1.19. The minimum Gasteiger partial charge on any atom is -0.338 e. The third kappa shape index (κ3) is 2.95. The second-order valence-electron chi connectivity index (χ2n) is 6.17. The molecule has 1 unspecified atom stereocenters. The van der Waals surface area contributed by atoms with E-state index in [1.165, 1.54) is 0 Å². The summed E-state index contributed by atoms with van der Waals surface area (Å²) in [4.78, 5) is 20.3. The van der Waals surface area contributed by atoms with Crippen LogP contribution in [-0.2, 0) is 4.79 Å². The summed E-state index contributed by atoms with van der Waals surface area (Å²) in [6.45, 7) is 0. The van der Waals surface area contributed by atoms with E-state index in [9.17, 15) is 4.79 Å². The number of rotatable bonds is 4. The van der Waals surface area contributed by atoms with E-state index < -0.39 is 0 Å². The lowest BCUT2D eigenvalue weighted by atomic mass is 10.0. The molecule has 3 aromatic rings. The Kier molecular flexibility index (Phi) is 3.87. The van der Waals surface area contributed by atoms with Gasteiger partial charge in [-0.3, -0.25) is 4.79 Å². The highest BCUT2D eigenvalue weighted by molar-refractivity contribution is 5.95. The number of aromatic amines is 1. The van der Waals surface area contributed by atoms with E-state index in [1.54, 1.807) is 0 Å². The van der Waals surface area contributed by atoms with Crippen LogP contribution in [-0.4, -0.2) is 15.9 Å². The summed E-state index contributed by atoms with van der Waals surface area (Å²) in [5.41, 5.74) is 3.61. The number of imidazole rings is 1. The van der Waals surface area contributed by atoms with Crippen LogP contribution in [0.1, 0.15) is 19.3 Å². The molecule has 1 amide bonds. The molecule has 1 atom stereocenters. The molecule has 2 aromatic carbocycles. The van der Waals surface area contributed by atoms with E-state index in [1.807, 2.05) is 48.5 Å². The third-order valence-electron chi connectivity index (χ3n) is 4.41. The van der Waals surface area contributed by atoms with Gasteiger partial charge in [0.05, 0.1) is 16.7 Å². The first-order valence-electron chi connectivity index (χ1n) is 8.30. The predicted molar refractivity (Wildman–Crippen MR) is 96.6 cm³/mol. The molecule has 2 N–H and O–H groups in total. The molecule has 0 saturated carbocycles. The molecule has 0 aliphatic heterocycles. The van der Waals surface area contributed by atoms with Gasteiger partial charge in [-0.2, -0.15) is 0 Å². The lowest BCUT2D eigenvalue weighted by Crippen LogP contribution is -2.15. The van der Waals surface area contributed by atoms with Gasteiger partial charge in [-0.05, 0) is 43.0 Å². The van der Waals surface area contributed by atoms with Crippen molar-refractivity contribution in [2.24, 2.45) is 5.92 Å². The number of carbonyl (C=O) groups excluding carboxylic acids is 1. The first-order valence-corrected chi connectivity index (χ1v) is 8.30. The summed E-state index contributed by atoms with van der Waals surface area (Å²) in [6, 6.07) is 15.7. The molecule has 4 nitrogen and oxygen atoms in total. The Morgan fingerprint density at radius 3 is 2.83 bits per heavy atom. The minimum absolute atomic E-state index is 0.0510. The SMILES string of the molecule is O=C(CC1C=CCC1)Nc1ccccc1-c1nc2ccccc2[nH]1. The van der Waals surface area contributed by atoms with E-state index in [4.69, 9.17) is 0 Å². The first-order chi connectivity index (χ1) is 11.8. The molecule has 4 rings (SSSR count). The number of hydrogen-bond acceptors (Lipinski definition) is 2. The van der Waals surface area contributed by atoms with Crippen molar-refractivity contribution in [1.29, 1.82) is 0 Å². The van der Waals surface area contributed by atoms with Gasteiger partial charge in [-0.15, -0.1) is 0 Å². The monoisotopic (exact) mass is 317 g/mol. The molecule has 4 heteroatoms. The number of amides is 1. The van der Waals surface area contributed by atoms with Gasteiger partial charge in [0.1, 0.15) is 5.82 Å². The van der Waals surface area contributed by atoms with E-state index in [0.29, 0.717) is 12.3 Å². The van der Waals surface area contributed by atoms with Gasteiger partial charge in [0.2, 0.25) is 5.91 Å². The summed E-state index contributed by atoms with van der Waals surface area (Å²) in [7, 11) is 0. The molecule has 1 heterocycles. The maximum absolute atomic E-state index is 12.3. The second kappa shape index (κ2) is 6.32. The molecule has 1 aromatic heterocycles. The molecular weight excluding hydrogens is 298 g/mol. The van der Waals surface area contributed by atoms with Crippen molar-refractivity contribution in [3.05, 3.63) is 60.7 Å². The van der Waals surface area contributed by atoms with Crippen LogP contribution in [0.25, 0.3) is 22.4 Å². The van der Waals surface area contributed by atoms with Crippen molar-refractivity contribution in [1.82, 2.24) is 9.97 Å². The molecule has 1 aliphatic carbocycles. The molecule has 1 aliphatic rings. The van der Waals surface area contributed by atoms with Crippen molar-refractivity contribution < 1.29 is 4.79 Å². The largest absolute Gasteiger partial charge is 0.338 e. The van der Waals surface area contributed by atoms with E-state index >= 15 is 0 Å². The Balaban J connectivity index is 1.60. The maximum atomic E-state index is 12.3. The number of benzene rings is 2. The highest BCUT2D eigenvalue weighted by atomic mass is 16.1. The van der Waals surface area contributed by atoms with Crippen LogP contribution in [0.5, 0.6) is 0 Å². The zero-order chi connectivity index (χ0) is 16.4. The van der Waals surface area contributed by atoms with Gasteiger partial charge in [-0.1, -0.05) is 36.4 Å². The molecule has 0 radical (unpaired) electrons. The number of hydrogen-bond donors (Lipinski definition) is 2. The molecule has 24 heavy (non-hydrogen) atoms. The summed E-state index contributed by atoms with van der Waals surface area (Å²) < 4.78 is 0. The Bertz CT molecular complexity index is 877. The highest BCUT2D eigenvalue weighted by Crippen LogP contribution is 2.28. The van der Waals surface area contributed by atoms with E-state index in [2.05, 4.69) is 27.4 Å². The fourth-order valence-corrected chi connectivity index (χ4v) is 3.18. The normalized spacial score (nSPS) is 16.6. The average molecular weight is 317 g/mol. The number of H-pyrrole nitrogens is 1. The van der Waals surface area contributed by atoms with Crippen LogP contribution in [0.3, 0.4) is 0 Å². The van der Waals surface area contributed by atoms with Crippen LogP contribution in [0.4, 0.5) is 5.69 Å². The van der Waals surface area contributed by atoms with Gasteiger partial charge in [-0.25, -0.2) is 4.98 Å². The van der Waals surface area contributed by atoms with Crippen LogP contribution in [0.2, 0.25) is 0 Å². The number of aromatic nitrogens is 2. The number of allylic oxidation sites excluding steroid dienone is 2. The van der Waals surface area contributed by atoms with Gasteiger partial charge < -0.3 is 10.3 Å². The zero-order valence-corrected chi connectivity index (χ0v) is 13.3. The number of fused-ring (bicyclic) bond motifs is 1. The van der Waals surface area contributed by atoms with Crippen molar-refractivity contribution >= 4 is 22.6 Å². The summed E-state index contributed by atoms with van der Waals surface area (Å²) in [5, 5.41) is 3.05. The van der Waals surface area contributed by atoms with Crippen LogP contribution in [0, 0.1) is 5.92 Å². The lowest BCUT2D eigenvalue weighted by molar-refractivity contribution is -0.116. The standard InChI is InChI=1S/C20H19N3O/c24-19(13-14-7-1-2-8-14)21-16-10-4-3-9-15(16)20-22-17-11-5-6-12-18(17)23-20/h1,3-7,9-12,14H,2,8,13H2,(H,21,24)(H,22,23). The third-order valence-corrected chi connectivity index (χ3v) is 4.41. The van der Waals surface area contributed by atoms with Crippen molar-refractivity contribution in [2.45, 2.75) is 19.3 Å². The van der Waals surface area contributed by atoms with E-state index in [-0.39, 0.29) is 5.91 Å². The van der Waals surface area contributed by atoms with Crippen molar-refractivity contribution in [3.8, 4) is 11.4 Å². The number of anilines is 1. The summed E-state index contributed by atoms with van der Waals surface area (Å²) in [6.07, 6.45) is 6.97. The van der Waals surface area contributed by atoms with Crippen LogP contribution < -0.4 is 5.32 Å². The van der Waals surface area contributed by atoms with Gasteiger partial charge >= 0.3 is 0 Å². The molecule has 0 fully saturated rings. The van der Waals surface area contributed by atoms with Gasteiger partial charge in [0.15, 0.2) is 0 Å². The van der Waals surface area contributed by atoms with Gasteiger partial charge in [0.25, 0.3) is 0 Å². The fraction of sp³-hybridized carbons (Fsp3) is 0.200. The topological polar surface area (TPSA) is 57.8 Å². The zero-order valence-electron chi connectivity index (χ0n) is 13.3. The van der Waals surface area contributed by atoms with Crippen molar-refractivity contribution in [3.63, 3.8) is 0 Å². The molecular formula is C20H19N3O. The summed E-state index contributed by atoms with van der Waals surface area (Å²) >= 11 is 0. The number of nitrogens with one attached hydrogen (secondary N) is 2. The Morgan fingerprint density at radius 1 is 1.17 bits per heavy atom. The average Bonchev–Trinajstić information content (AvgIpc) is 3.24. The maximum Gasteiger partial charge on any atom is 0.224 e. The van der Waals surface area contributed by atoms with Crippen LogP contribution in [0.15, 0.2) is 60.7 Å². The minimum atomic E-state index is 0.0510. The Labute approximate surface area is 140 Å². The molecule has 120 valence electrons. The van der Waals surface area contributed by atoms with Crippen molar-refractivity contribution in [2.75, 3.05) is 5.32 Å². The smallest absolute Gasteiger partial charge is 0.224 e. The lowest BCUT2D eigenvalue weighted by Gasteiger charge is -2.11. The fourth-order valence-electron chi connectivity index (χ4n) is 3.18. The molecule has 0 spiro atoms. The Hall–Kier alpha value is -2.88. The van der Waals surface area contributed by atoms with E-state index in [0.717, 1.165) is 41.0 Å². The van der Waals surface area contributed by atoms with Crippen LogP contribution >= 0.6 is 0 Å².